The van der Waals surface area contributed by atoms with Crippen LogP contribution in [-0.2, 0) is 4.74 Å². The minimum atomic E-state index is -0.478. The number of aromatic nitrogens is 3. The summed E-state index contributed by atoms with van der Waals surface area (Å²) in [7, 11) is 3.68. The van der Waals surface area contributed by atoms with Crippen LogP contribution < -0.4 is 5.32 Å². The molecule has 2 aromatic rings. The normalized spacial score (nSPS) is 19.7. The lowest BCUT2D eigenvalue weighted by Gasteiger charge is -2.35. The molecule has 1 aliphatic carbocycles. The standard InChI is InChI=1S/C20H28ClN5O2S/c1-20(2,3)28-19(27)26(5)13-8-6-12(7-9-13)17-24-25-18(29-17)14-11-23-16(21)10-15(14)22-4/h10-13H,6-9H2,1-5H3,(H,22,23)/t12-,13-. The Bertz CT molecular complexity index is 859. The molecule has 0 bridgehead atoms. The monoisotopic (exact) mass is 437 g/mol. The zero-order chi connectivity index (χ0) is 21.2. The van der Waals surface area contributed by atoms with Crippen LogP contribution in [0.15, 0.2) is 12.3 Å². The second-order valence-electron chi connectivity index (χ2n) is 8.34. The molecule has 1 saturated carbocycles. The average Bonchev–Trinajstić information content (AvgIpc) is 3.16. The summed E-state index contributed by atoms with van der Waals surface area (Å²) in [6.45, 7) is 5.66. The molecule has 2 heterocycles. The van der Waals surface area contributed by atoms with Crippen molar-refractivity contribution in [3.63, 3.8) is 0 Å². The predicted molar refractivity (Wildman–Crippen MR) is 117 cm³/mol. The first-order valence-electron chi connectivity index (χ1n) is 9.81. The molecular formula is C20H28ClN5O2S. The number of hydrogen-bond donors (Lipinski definition) is 1. The number of anilines is 1. The number of pyridine rings is 1. The average molecular weight is 438 g/mol. The third kappa shape index (κ3) is 5.36. The van der Waals surface area contributed by atoms with E-state index in [1.807, 2.05) is 34.9 Å². The van der Waals surface area contributed by atoms with Crippen LogP contribution in [0.1, 0.15) is 57.4 Å². The maximum Gasteiger partial charge on any atom is 0.410 e. The van der Waals surface area contributed by atoms with Crippen LogP contribution in [0.5, 0.6) is 0 Å². The number of halogens is 1. The fraction of sp³-hybridized carbons (Fsp3) is 0.600. The Morgan fingerprint density at radius 2 is 1.97 bits per heavy atom. The van der Waals surface area contributed by atoms with E-state index in [0.717, 1.165) is 46.9 Å². The molecule has 1 N–H and O–H groups in total. The van der Waals surface area contributed by atoms with Gasteiger partial charge in [-0.1, -0.05) is 22.9 Å². The van der Waals surface area contributed by atoms with Crippen LogP contribution >= 0.6 is 22.9 Å². The molecule has 9 heteroatoms. The molecule has 1 amide bonds. The number of rotatable bonds is 4. The summed E-state index contributed by atoms with van der Waals surface area (Å²) in [4.78, 5) is 18.2. The lowest BCUT2D eigenvalue weighted by Crippen LogP contribution is -2.42. The van der Waals surface area contributed by atoms with Gasteiger partial charge in [-0.25, -0.2) is 9.78 Å². The molecular weight excluding hydrogens is 410 g/mol. The summed E-state index contributed by atoms with van der Waals surface area (Å²) in [6, 6.07) is 1.99. The fourth-order valence-electron chi connectivity index (χ4n) is 3.51. The molecule has 0 spiro atoms. The van der Waals surface area contributed by atoms with E-state index in [1.54, 1.807) is 28.5 Å². The first-order chi connectivity index (χ1) is 13.7. The molecule has 29 heavy (non-hydrogen) atoms. The van der Waals surface area contributed by atoms with Crippen molar-refractivity contribution in [1.29, 1.82) is 0 Å². The van der Waals surface area contributed by atoms with E-state index in [-0.39, 0.29) is 12.1 Å². The minimum absolute atomic E-state index is 0.199. The first kappa shape index (κ1) is 21.8. The Hall–Kier alpha value is -1.93. The molecule has 0 aromatic carbocycles. The van der Waals surface area contributed by atoms with Gasteiger partial charge in [-0.2, -0.15) is 0 Å². The van der Waals surface area contributed by atoms with Crippen LogP contribution in [0.2, 0.25) is 5.15 Å². The largest absolute Gasteiger partial charge is 0.444 e. The highest BCUT2D eigenvalue weighted by atomic mass is 35.5. The zero-order valence-corrected chi connectivity index (χ0v) is 19.1. The Morgan fingerprint density at radius 3 is 2.59 bits per heavy atom. The maximum absolute atomic E-state index is 12.3. The van der Waals surface area contributed by atoms with Gasteiger partial charge in [-0.3, -0.25) is 0 Å². The van der Waals surface area contributed by atoms with E-state index in [4.69, 9.17) is 16.3 Å². The van der Waals surface area contributed by atoms with Gasteiger partial charge in [0, 0.05) is 37.9 Å². The Morgan fingerprint density at radius 1 is 1.28 bits per heavy atom. The van der Waals surface area contributed by atoms with Gasteiger partial charge in [-0.15, -0.1) is 10.2 Å². The van der Waals surface area contributed by atoms with Gasteiger partial charge in [0.25, 0.3) is 0 Å². The summed E-state index contributed by atoms with van der Waals surface area (Å²) in [5, 5.41) is 14.3. The van der Waals surface area contributed by atoms with E-state index >= 15 is 0 Å². The summed E-state index contributed by atoms with van der Waals surface area (Å²) in [6.07, 6.45) is 5.28. The Labute approximate surface area is 180 Å². The van der Waals surface area contributed by atoms with Gasteiger partial charge >= 0.3 is 6.09 Å². The lowest BCUT2D eigenvalue weighted by molar-refractivity contribution is 0.0183. The molecule has 0 unspecified atom stereocenters. The highest BCUT2D eigenvalue weighted by molar-refractivity contribution is 7.14. The van der Waals surface area contributed by atoms with Crippen molar-refractivity contribution >= 4 is 34.7 Å². The number of ether oxygens (including phenoxy) is 1. The number of amides is 1. The summed E-state index contributed by atoms with van der Waals surface area (Å²) in [5.41, 5.74) is 1.31. The minimum Gasteiger partial charge on any atom is -0.444 e. The quantitative estimate of drug-likeness (QED) is 0.663. The molecule has 0 aliphatic heterocycles. The fourth-order valence-corrected chi connectivity index (χ4v) is 4.70. The lowest BCUT2D eigenvalue weighted by atomic mass is 9.86. The highest BCUT2D eigenvalue weighted by Gasteiger charge is 2.31. The van der Waals surface area contributed by atoms with E-state index in [0.29, 0.717) is 11.1 Å². The van der Waals surface area contributed by atoms with Gasteiger partial charge in [0.05, 0.1) is 5.56 Å². The molecule has 1 aliphatic rings. The van der Waals surface area contributed by atoms with Crippen molar-refractivity contribution in [2.24, 2.45) is 0 Å². The maximum atomic E-state index is 12.3. The predicted octanol–water partition coefficient (Wildman–Crippen LogP) is 5.19. The van der Waals surface area contributed by atoms with Gasteiger partial charge in [0.1, 0.15) is 15.8 Å². The Balaban J connectivity index is 1.63. The third-order valence-electron chi connectivity index (χ3n) is 5.09. The topological polar surface area (TPSA) is 80.2 Å². The summed E-state index contributed by atoms with van der Waals surface area (Å²) in [5.74, 6) is 0.364. The van der Waals surface area contributed by atoms with Crippen molar-refractivity contribution in [2.45, 2.75) is 64.0 Å². The molecule has 3 rings (SSSR count). The van der Waals surface area contributed by atoms with E-state index in [2.05, 4.69) is 20.5 Å². The number of carbonyl (C=O) groups excluding carboxylic acids is 1. The number of nitrogens with one attached hydrogen (secondary N) is 1. The SMILES string of the molecule is CNc1cc(Cl)ncc1-c1nnc([C@H]2CC[C@H](N(C)C(=O)OC(C)(C)C)CC2)s1. The molecule has 0 saturated heterocycles. The molecule has 7 nitrogen and oxygen atoms in total. The number of carbonyl (C=O) groups is 1. The van der Waals surface area contributed by atoms with Crippen LogP contribution in [0, 0.1) is 0 Å². The van der Waals surface area contributed by atoms with Crippen LogP contribution in [0.3, 0.4) is 0 Å². The molecule has 0 atom stereocenters. The zero-order valence-electron chi connectivity index (χ0n) is 17.5. The molecule has 158 valence electrons. The number of hydrogen-bond acceptors (Lipinski definition) is 7. The van der Waals surface area contributed by atoms with Crippen molar-refractivity contribution in [2.75, 3.05) is 19.4 Å². The molecule has 2 aromatic heterocycles. The smallest absolute Gasteiger partial charge is 0.410 e. The van der Waals surface area contributed by atoms with E-state index in [9.17, 15) is 4.79 Å². The van der Waals surface area contributed by atoms with Gasteiger partial charge in [0.15, 0.2) is 5.01 Å². The van der Waals surface area contributed by atoms with Crippen molar-refractivity contribution in [3.05, 3.63) is 22.4 Å². The van der Waals surface area contributed by atoms with Gasteiger partial charge < -0.3 is 15.0 Å². The third-order valence-corrected chi connectivity index (χ3v) is 6.41. The molecule has 1 fully saturated rings. The van der Waals surface area contributed by atoms with E-state index in [1.165, 1.54) is 0 Å². The number of nitrogens with zero attached hydrogens (tertiary/aromatic N) is 4. The second kappa shape index (κ2) is 8.83. The first-order valence-corrected chi connectivity index (χ1v) is 11.0. The highest BCUT2D eigenvalue weighted by Crippen LogP contribution is 2.39. The second-order valence-corrected chi connectivity index (χ2v) is 9.74. The van der Waals surface area contributed by atoms with Crippen molar-refractivity contribution in [1.82, 2.24) is 20.1 Å². The summed E-state index contributed by atoms with van der Waals surface area (Å²) < 4.78 is 5.49. The van der Waals surface area contributed by atoms with Crippen LogP contribution in [-0.4, -0.2) is 51.9 Å². The van der Waals surface area contributed by atoms with Gasteiger partial charge in [-0.05, 0) is 52.5 Å². The van der Waals surface area contributed by atoms with E-state index < -0.39 is 5.60 Å². The summed E-state index contributed by atoms with van der Waals surface area (Å²) >= 11 is 7.59. The molecule has 0 radical (unpaired) electrons. The van der Waals surface area contributed by atoms with Crippen LogP contribution in [0.4, 0.5) is 10.5 Å². The Kier molecular flexibility index (Phi) is 6.63. The van der Waals surface area contributed by atoms with Crippen LogP contribution in [0.25, 0.3) is 10.6 Å². The van der Waals surface area contributed by atoms with Gasteiger partial charge in [0.2, 0.25) is 0 Å². The van der Waals surface area contributed by atoms with Crippen molar-refractivity contribution < 1.29 is 9.53 Å². The van der Waals surface area contributed by atoms with Crippen molar-refractivity contribution in [3.8, 4) is 10.6 Å².